The third kappa shape index (κ3) is 7.05. The highest BCUT2D eigenvalue weighted by Gasteiger charge is 2.32. The fourth-order valence-electron chi connectivity index (χ4n) is 4.82. The molecule has 9 heteroatoms. The van der Waals surface area contributed by atoms with Gasteiger partial charge in [0.05, 0.1) is 12.7 Å². The molecule has 0 heterocycles. The Balaban J connectivity index is 1.37. The maximum Gasteiger partial charge on any atom is 0.407 e. The topological polar surface area (TPSA) is 123 Å². The van der Waals surface area contributed by atoms with Crippen molar-refractivity contribution in [2.45, 2.75) is 44.1 Å². The number of carbonyl (C=O) groups is 3. The van der Waals surface area contributed by atoms with Gasteiger partial charge < -0.3 is 30.0 Å². The summed E-state index contributed by atoms with van der Waals surface area (Å²) in [7, 11) is 1.47. The van der Waals surface area contributed by atoms with Crippen molar-refractivity contribution in [1.82, 2.24) is 10.6 Å². The number of methoxy groups -OCH3 is 1. The zero-order valence-electron chi connectivity index (χ0n) is 22.5. The molecule has 1 aliphatic carbocycles. The van der Waals surface area contributed by atoms with Crippen LogP contribution in [0.4, 0.5) is 4.79 Å². The van der Waals surface area contributed by atoms with Gasteiger partial charge in [0, 0.05) is 26.1 Å². The first-order valence-electron chi connectivity index (χ1n) is 13.2. The quantitative estimate of drug-likeness (QED) is 0.295. The van der Waals surface area contributed by atoms with Gasteiger partial charge in [-0.05, 0) is 34.7 Å². The maximum absolute atomic E-state index is 13.1. The first-order chi connectivity index (χ1) is 19.4. The first kappa shape index (κ1) is 28.8. The Morgan fingerprint density at radius 1 is 0.875 bits per heavy atom. The van der Waals surface area contributed by atoms with Crippen LogP contribution in [0.15, 0.2) is 78.9 Å². The van der Waals surface area contributed by atoms with Gasteiger partial charge in [-0.15, -0.1) is 0 Å². The highest BCUT2D eigenvalue weighted by molar-refractivity contribution is 5.89. The molecule has 0 radical (unpaired) electrons. The van der Waals surface area contributed by atoms with Gasteiger partial charge in [-0.1, -0.05) is 78.9 Å². The number of nitrogens with one attached hydrogen (secondary N) is 2. The zero-order chi connectivity index (χ0) is 28.5. The molecule has 2 amide bonds. The number of ether oxygens (including phenoxy) is 3. The van der Waals surface area contributed by atoms with Crippen LogP contribution in [0.5, 0.6) is 0 Å². The number of carboxylic acids is 1. The normalized spacial score (nSPS) is 14.3. The van der Waals surface area contributed by atoms with Crippen molar-refractivity contribution in [3.63, 3.8) is 0 Å². The van der Waals surface area contributed by atoms with E-state index in [2.05, 4.69) is 10.6 Å². The van der Waals surface area contributed by atoms with Gasteiger partial charge in [0.25, 0.3) is 0 Å². The number of amides is 2. The number of benzene rings is 3. The predicted molar refractivity (Wildman–Crippen MR) is 149 cm³/mol. The van der Waals surface area contributed by atoms with Crippen molar-refractivity contribution in [3.05, 3.63) is 95.6 Å². The Kier molecular flexibility index (Phi) is 9.88. The van der Waals surface area contributed by atoms with Crippen molar-refractivity contribution < 1.29 is 33.7 Å². The van der Waals surface area contributed by atoms with E-state index in [1.807, 2.05) is 78.9 Å². The molecule has 4 rings (SSSR count). The summed E-state index contributed by atoms with van der Waals surface area (Å²) < 4.78 is 16.4. The molecule has 9 nitrogen and oxygen atoms in total. The molecular formula is C31H34N2O7. The SMILES string of the molecule is COCCC(NC(=O)OCC1c2ccccc2-c2ccccc21)C(=O)N[C@@H](C(=O)O)[C@H](C)OCc1ccccc1. The number of hydrogen-bond acceptors (Lipinski definition) is 6. The lowest BCUT2D eigenvalue weighted by Crippen LogP contribution is -2.55. The molecule has 3 aromatic carbocycles. The van der Waals surface area contributed by atoms with Gasteiger partial charge in [0.15, 0.2) is 6.04 Å². The van der Waals surface area contributed by atoms with Crippen LogP contribution in [0.25, 0.3) is 11.1 Å². The van der Waals surface area contributed by atoms with Gasteiger partial charge in [0.2, 0.25) is 5.91 Å². The number of carbonyl (C=O) groups excluding carboxylic acids is 2. The molecule has 40 heavy (non-hydrogen) atoms. The van der Waals surface area contributed by atoms with Crippen LogP contribution >= 0.6 is 0 Å². The molecule has 0 aromatic heterocycles. The van der Waals surface area contributed by atoms with Gasteiger partial charge in [-0.3, -0.25) is 4.79 Å². The molecule has 3 atom stereocenters. The van der Waals surface area contributed by atoms with Crippen LogP contribution in [0.2, 0.25) is 0 Å². The molecule has 0 bridgehead atoms. The number of alkyl carbamates (subject to hydrolysis) is 1. The van der Waals surface area contributed by atoms with E-state index in [0.717, 1.165) is 27.8 Å². The minimum Gasteiger partial charge on any atom is -0.480 e. The molecule has 3 N–H and O–H groups in total. The van der Waals surface area contributed by atoms with Crippen molar-refractivity contribution >= 4 is 18.0 Å². The summed E-state index contributed by atoms with van der Waals surface area (Å²) >= 11 is 0. The average molecular weight is 547 g/mol. The summed E-state index contributed by atoms with van der Waals surface area (Å²) in [5.74, 6) is -2.06. The summed E-state index contributed by atoms with van der Waals surface area (Å²) in [6.07, 6.45) is -1.49. The molecule has 0 spiro atoms. The van der Waals surface area contributed by atoms with E-state index in [1.54, 1.807) is 6.92 Å². The zero-order valence-corrected chi connectivity index (χ0v) is 22.5. The second-order valence-corrected chi connectivity index (χ2v) is 9.63. The minimum absolute atomic E-state index is 0.0839. The van der Waals surface area contributed by atoms with Crippen LogP contribution in [-0.4, -0.2) is 61.6 Å². The Labute approximate surface area is 233 Å². The number of aliphatic carboxylic acids is 1. The maximum atomic E-state index is 13.1. The Morgan fingerprint density at radius 3 is 2.08 bits per heavy atom. The lowest BCUT2D eigenvalue weighted by molar-refractivity contribution is -0.146. The van der Waals surface area contributed by atoms with Gasteiger partial charge in [0.1, 0.15) is 12.6 Å². The van der Waals surface area contributed by atoms with Crippen LogP contribution in [0.3, 0.4) is 0 Å². The van der Waals surface area contributed by atoms with Gasteiger partial charge in [-0.2, -0.15) is 0 Å². The molecule has 0 aliphatic heterocycles. The molecule has 210 valence electrons. The second-order valence-electron chi connectivity index (χ2n) is 9.63. The number of hydrogen-bond donors (Lipinski definition) is 3. The van der Waals surface area contributed by atoms with Crippen LogP contribution in [-0.2, 0) is 30.4 Å². The third-order valence-electron chi connectivity index (χ3n) is 6.95. The molecule has 0 fully saturated rings. The molecule has 3 aromatic rings. The van der Waals surface area contributed by atoms with Crippen molar-refractivity contribution in [1.29, 1.82) is 0 Å². The van der Waals surface area contributed by atoms with Crippen molar-refractivity contribution in [2.24, 2.45) is 0 Å². The lowest BCUT2D eigenvalue weighted by Gasteiger charge is -2.25. The van der Waals surface area contributed by atoms with Gasteiger partial charge >= 0.3 is 12.1 Å². The van der Waals surface area contributed by atoms with E-state index in [1.165, 1.54) is 7.11 Å². The van der Waals surface area contributed by atoms with E-state index in [9.17, 15) is 19.5 Å². The number of carboxylic acid groups (broad SMARTS) is 1. The Morgan fingerprint density at radius 2 is 1.48 bits per heavy atom. The number of fused-ring (bicyclic) bond motifs is 3. The molecule has 1 unspecified atom stereocenters. The van der Waals surface area contributed by atoms with Crippen LogP contribution < -0.4 is 10.6 Å². The summed E-state index contributed by atoms with van der Waals surface area (Å²) in [6, 6.07) is 22.9. The smallest absolute Gasteiger partial charge is 0.407 e. The Bertz CT molecular complexity index is 1270. The molecular weight excluding hydrogens is 512 g/mol. The number of rotatable bonds is 13. The third-order valence-corrected chi connectivity index (χ3v) is 6.95. The van der Waals surface area contributed by atoms with Crippen LogP contribution in [0.1, 0.15) is 36.0 Å². The largest absolute Gasteiger partial charge is 0.480 e. The summed E-state index contributed by atoms with van der Waals surface area (Å²) in [5, 5.41) is 14.8. The van der Waals surface area contributed by atoms with E-state index < -0.39 is 36.2 Å². The monoisotopic (exact) mass is 546 g/mol. The van der Waals surface area contributed by atoms with E-state index in [4.69, 9.17) is 14.2 Å². The molecule has 0 saturated heterocycles. The van der Waals surface area contributed by atoms with Gasteiger partial charge in [-0.25, -0.2) is 9.59 Å². The summed E-state index contributed by atoms with van der Waals surface area (Å²) in [4.78, 5) is 37.9. The van der Waals surface area contributed by atoms with E-state index in [-0.39, 0.29) is 32.2 Å². The predicted octanol–water partition coefficient (Wildman–Crippen LogP) is 4.10. The van der Waals surface area contributed by atoms with E-state index >= 15 is 0 Å². The second kappa shape index (κ2) is 13.7. The summed E-state index contributed by atoms with van der Waals surface area (Å²) in [5.41, 5.74) is 5.22. The highest BCUT2D eigenvalue weighted by Crippen LogP contribution is 2.44. The molecule has 1 aliphatic rings. The standard InChI is InChI=1S/C31H34N2O7/c1-20(39-18-21-10-4-3-5-11-21)28(30(35)36)33-29(34)27(16-17-38-2)32-31(37)40-19-26-24-14-8-6-12-22(24)23-13-7-9-15-25(23)26/h3-15,20,26-28H,16-19H2,1-2H3,(H,32,37)(H,33,34)(H,35,36)/t20-,27?,28+/m0/s1. The first-order valence-corrected chi connectivity index (χ1v) is 13.2. The highest BCUT2D eigenvalue weighted by atomic mass is 16.5. The fraction of sp³-hybridized carbons (Fsp3) is 0.323. The van der Waals surface area contributed by atoms with Crippen molar-refractivity contribution in [3.8, 4) is 11.1 Å². The van der Waals surface area contributed by atoms with Crippen molar-refractivity contribution in [2.75, 3.05) is 20.3 Å². The van der Waals surface area contributed by atoms with Crippen LogP contribution in [0, 0.1) is 0 Å². The average Bonchev–Trinajstić information content (AvgIpc) is 3.29. The fourth-order valence-corrected chi connectivity index (χ4v) is 4.82. The summed E-state index contributed by atoms with van der Waals surface area (Å²) in [6.45, 7) is 2.01. The Hall–Kier alpha value is -4.21. The minimum atomic E-state index is -1.33. The van der Waals surface area contributed by atoms with E-state index in [0.29, 0.717) is 0 Å². The molecule has 0 saturated carbocycles. The lowest BCUT2D eigenvalue weighted by atomic mass is 9.98.